The van der Waals surface area contributed by atoms with Crippen LogP contribution in [0.25, 0.3) is 93.9 Å². The van der Waals surface area contributed by atoms with Crippen molar-refractivity contribution in [1.82, 2.24) is 4.57 Å². The van der Waals surface area contributed by atoms with E-state index in [0.717, 1.165) is 72.4 Å². The predicted octanol–water partition coefficient (Wildman–Crippen LogP) is 16.8. The highest BCUT2D eigenvalue weighted by atomic mass is 16.3. The third kappa shape index (κ3) is 6.29. The van der Waals surface area contributed by atoms with Crippen molar-refractivity contribution in [3.63, 3.8) is 0 Å². The van der Waals surface area contributed by atoms with Crippen molar-refractivity contribution >= 4 is 60.8 Å². The average molecular weight is 805 g/mol. The number of nitrogens with zero attached hydrogens (tertiary/aromatic N) is 2. The molecule has 0 amide bonds. The van der Waals surface area contributed by atoms with Crippen LogP contribution in [-0.2, 0) is 0 Å². The molecule has 3 heteroatoms. The van der Waals surface area contributed by atoms with E-state index in [9.17, 15) is 0 Å². The number of hydrogen-bond acceptors (Lipinski definition) is 2. The molecule has 2 heterocycles. The summed E-state index contributed by atoms with van der Waals surface area (Å²) in [6.45, 7) is 0. The molecule has 0 saturated heterocycles. The van der Waals surface area contributed by atoms with Gasteiger partial charge in [0.15, 0.2) is 0 Å². The van der Waals surface area contributed by atoms with Gasteiger partial charge in [0.25, 0.3) is 0 Å². The molecule has 0 atom stereocenters. The predicted molar refractivity (Wildman–Crippen MR) is 264 cm³/mol. The fourth-order valence-electron chi connectivity index (χ4n) is 9.51. The van der Waals surface area contributed by atoms with Gasteiger partial charge < -0.3 is 13.9 Å². The van der Waals surface area contributed by atoms with Gasteiger partial charge in [-0.1, -0.05) is 188 Å². The summed E-state index contributed by atoms with van der Waals surface area (Å²) >= 11 is 0. The van der Waals surface area contributed by atoms with Crippen LogP contribution in [0.15, 0.2) is 247 Å². The number of hydrogen-bond donors (Lipinski definition) is 0. The van der Waals surface area contributed by atoms with Crippen LogP contribution in [-0.4, -0.2) is 4.57 Å². The lowest BCUT2D eigenvalue weighted by Crippen LogP contribution is -2.10. The molecule has 0 radical (unpaired) electrons. The second kappa shape index (κ2) is 15.3. The first-order chi connectivity index (χ1) is 31.3. The monoisotopic (exact) mass is 804 g/mol. The summed E-state index contributed by atoms with van der Waals surface area (Å²) < 4.78 is 9.07. The Hall–Kier alpha value is -8.40. The number of furan rings is 1. The largest absolute Gasteiger partial charge is 0.455 e. The van der Waals surface area contributed by atoms with E-state index in [4.69, 9.17) is 4.42 Å². The molecule has 0 spiro atoms. The van der Waals surface area contributed by atoms with E-state index < -0.39 is 0 Å². The Labute approximate surface area is 366 Å². The molecule has 3 nitrogen and oxygen atoms in total. The normalized spacial score (nSPS) is 11.5. The third-order valence-corrected chi connectivity index (χ3v) is 12.4. The topological polar surface area (TPSA) is 21.3 Å². The molecule has 296 valence electrons. The number of fused-ring (bicyclic) bond motifs is 6. The van der Waals surface area contributed by atoms with Gasteiger partial charge in [-0.2, -0.15) is 0 Å². The zero-order valence-corrected chi connectivity index (χ0v) is 34.4. The van der Waals surface area contributed by atoms with E-state index in [0.29, 0.717) is 0 Å². The van der Waals surface area contributed by atoms with Gasteiger partial charge in [0.1, 0.15) is 11.2 Å². The van der Waals surface area contributed by atoms with Gasteiger partial charge >= 0.3 is 0 Å². The maximum absolute atomic E-state index is 6.63. The minimum absolute atomic E-state index is 0.892. The minimum atomic E-state index is 0.892. The molecule has 12 aromatic rings. The third-order valence-electron chi connectivity index (χ3n) is 12.4. The van der Waals surface area contributed by atoms with Gasteiger partial charge in [-0.05, 0) is 88.0 Å². The summed E-state index contributed by atoms with van der Waals surface area (Å²) in [6, 6.07) is 87.1. The second-order valence-electron chi connectivity index (χ2n) is 16.1. The average Bonchev–Trinajstić information content (AvgIpc) is 3.91. The highest BCUT2D eigenvalue weighted by Crippen LogP contribution is 2.44. The maximum Gasteiger partial charge on any atom is 0.143 e. The number of aromatic nitrogens is 1. The van der Waals surface area contributed by atoms with Crippen molar-refractivity contribution < 1.29 is 4.42 Å². The van der Waals surface area contributed by atoms with Crippen molar-refractivity contribution in [2.75, 3.05) is 4.90 Å². The van der Waals surface area contributed by atoms with Crippen LogP contribution in [0.3, 0.4) is 0 Å². The van der Waals surface area contributed by atoms with Crippen molar-refractivity contribution in [3.05, 3.63) is 243 Å². The summed E-state index contributed by atoms with van der Waals surface area (Å²) in [5.41, 5.74) is 17.6. The van der Waals surface area contributed by atoms with Crippen molar-refractivity contribution in [1.29, 1.82) is 0 Å². The maximum atomic E-state index is 6.63. The Balaban J connectivity index is 1.07. The van der Waals surface area contributed by atoms with Gasteiger partial charge in [0.05, 0.1) is 16.7 Å². The van der Waals surface area contributed by atoms with Crippen LogP contribution in [0, 0.1) is 0 Å². The summed E-state index contributed by atoms with van der Waals surface area (Å²) in [5, 5.41) is 4.63. The Morgan fingerprint density at radius 3 is 1.65 bits per heavy atom. The zero-order valence-electron chi connectivity index (χ0n) is 34.4. The first-order valence-electron chi connectivity index (χ1n) is 21.5. The first kappa shape index (κ1) is 36.5. The van der Waals surface area contributed by atoms with Gasteiger partial charge in [-0.15, -0.1) is 0 Å². The molecule has 12 rings (SSSR count). The summed E-state index contributed by atoms with van der Waals surface area (Å²) in [7, 11) is 0. The van der Waals surface area contributed by atoms with Gasteiger partial charge in [0.2, 0.25) is 0 Å². The van der Waals surface area contributed by atoms with Crippen LogP contribution in [0.4, 0.5) is 17.1 Å². The Kier molecular flexibility index (Phi) is 8.83. The fraction of sp³-hybridized carbons (Fsp3) is 0. The Morgan fingerprint density at radius 1 is 0.302 bits per heavy atom. The quantitative estimate of drug-likeness (QED) is 0.153. The van der Waals surface area contributed by atoms with E-state index in [1.807, 2.05) is 6.07 Å². The number of para-hydroxylation sites is 4. The molecule has 10 aromatic carbocycles. The summed E-state index contributed by atoms with van der Waals surface area (Å²) in [4.78, 5) is 2.39. The van der Waals surface area contributed by atoms with Crippen LogP contribution in [0.5, 0.6) is 0 Å². The summed E-state index contributed by atoms with van der Waals surface area (Å²) in [6.07, 6.45) is 0. The lowest BCUT2D eigenvalue weighted by molar-refractivity contribution is 0.670. The first-order valence-corrected chi connectivity index (χ1v) is 21.5. The van der Waals surface area contributed by atoms with Crippen molar-refractivity contribution in [2.24, 2.45) is 0 Å². The second-order valence-corrected chi connectivity index (χ2v) is 16.1. The number of anilines is 3. The van der Waals surface area contributed by atoms with E-state index >= 15 is 0 Å². The SMILES string of the molecule is c1ccc(-c2ccc(N(c3cccc(-c4ccccc4-c4ccccc4)c3)c3ccc4c5ccccc5n(-c5ccccc5-c5cccc6c5oc5ccccc56)c4c3)cc2)cc1. The van der Waals surface area contributed by atoms with Gasteiger partial charge in [-0.3, -0.25) is 0 Å². The van der Waals surface area contributed by atoms with Gasteiger partial charge in [-0.25, -0.2) is 0 Å². The molecule has 0 N–H and O–H groups in total. The van der Waals surface area contributed by atoms with Crippen LogP contribution in [0.2, 0.25) is 0 Å². The lowest BCUT2D eigenvalue weighted by Gasteiger charge is -2.27. The molecule has 0 saturated carbocycles. The smallest absolute Gasteiger partial charge is 0.143 e. The Bertz CT molecular complexity index is 3620. The molecule has 0 aliphatic heterocycles. The Morgan fingerprint density at radius 2 is 0.841 bits per heavy atom. The molecule has 0 fully saturated rings. The van der Waals surface area contributed by atoms with E-state index in [2.05, 4.69) is 246 Å². The minimum Gasteiger partial charge on any atom is -0.455 e. The molecular formula is C60H40N2O. The van der Waals surface area contributed by atoms with E-state index in [1.165, 1.54) is 38.6 Å². The highest BCUT2D eigenvalue weighted by Gasteiger charge is 2.21. The fourth-order valence-corrected chi connectivity index (χ4v) is 9.51. The van der Waals surface area contributed by atoms with E-state index in [1.54, 1.807) is 0 Å². The molecular weight excluding hydrogens is 765 g/mol. The van der Waals surface area contributed by atoms with Crippen molar-refractivity contribution in [2.45, 2.75) is 0 Å². The molecule has 0 aliphatic carbocycles. The van der Waals surface area contributed by atoms with Crippen LogP contribution in [0.1, 0.15) is 0 Å². The summed E-state index contributed by atoms with van der Waals surface area (Å²) in [5.74, 6) is 0. The molecule has 0 aliphatic rings. The van der Waals surface area contributed by atoms with Crippen LogP contribution < -0.4 is 4.90 Å². The molecule has 2 aromatic heterocycles. The lowest BCUT2D eigenvalue weighted by atomic mass is 9.94. The van der Waals surface area contributed by atoms with Gasteiger partial charge in [0, 0.05) is 49.7 Å². The highest BCUT2D eigenvalue weighted by molar-refractivity contribution is 6.13. The molecule has 63 heavy (non-hydrogen) atoms. The van der Waals surface area contributed by atoms with Crippen LogP contribution >= 0.6 is 0 Å². The number of benzene rings is 10. The van der Waals surface area contributed by atoms with E-state index in [-0.39, 0.29) is 0 Å². The molecule has 0 bridgehead atoms. The zero-order chi connectivity index (χ0) is 41.7. The van der Waals surface area contributed by atoms with Crippen molar-refractivity contribution in [3.8, 4) is 50.2 Å². The standard InChI is InChI=1S/C60H40N2O/c1-3-17-41(18-4-1)42-33-35-45(36-34-42)61(46-22-15-21-44(39-46)49-24-8-7-23-48(49)43-19-5-2-6-20-43)47-37-38-52-50-25-9-12-30-56(50)62(58(52)40-47)57-31-13-10-26-51(57)54-28-16-29-55-53-27-11-14-32-59(53)63-60(54)55/h1-40H. The number of rotatable bonds is 8. The molecule has 0 unspecified atom stereocenters.